The molecular formula is C15H23BrN4O. The quantitative estimate of drug-likeness (QED) is 0.901. The molecule has 1 saturated heterocycles. The van der Waals surface area contributed by atoms with Crippen LogP contribution in [0.15, 0.2) is 16.7 Å². The number of anilines is 1. The van der Waals surface area contributed by atoms with Gasteiger partial charge in [-0.25, -0.2) is 4.98 Å². The SMILES string of the molecule is CCNc1ncc(Br)cc1C(=O)N1CCN(C)C(CC)C1. The molecule has 1 unspecified atom stereocenters. The average molecular weight is 355 g/mol. The van der Waals surface area contributed by atoms with Crippen LogP contribution in [0, 0.1) is 0 Å². The van der Waals surface area contributed by atoms with Crippen molar-refractivity contribution in [3.63, 3.8) is 0 Å². The molecular weight excluding hydrogens is 332 g/mol. The lowest BCUT2D eigenvalue weighted by atomic mass is 10.1. The Bertz CT molecular complexity index is 508. The fourth-order valence-electron chi connectivity index (χ4n) is 2.65. The molecule has 1 aromatic heterocycles. The fourth-order valence-corrected chi connectivity index (χ4v) is 2.98. The van der Waals surface area contributed by atoms with Gasteiger partial charge >= 0.3 is 0 Å². The van der Waals surface area contributed by atoms with Gasteiger partial charge in [-0.2, -0.15) is 0 Å². The summed E-state index contributed by atoms with van der Waals surface area (Å²) in [5, 5.41) is 3.17. The first-order valence-corrected chi connectivity index (χ1v) is 8.25. The zero-order valence-electron chi connectivity index (χ0n) is 12.9. The number of amides is 1. The largest absolute Gasteiger partial charge is 0.370 e. The zero-order chi connectivity index (χ0) is 15.4. The molecule has 116 valence electrons. The number of carbonyl (C=O) groups excluding carboxylic acids is 1. The second-order valence-electron chi connectivity index (χ2n) is 5.37. The maximum atomic E-state index is 12.8. The van der Waals surface area contributed by atoms with Gasteiger partial charge in [0.2, 0.25) is 0 Å². The minimum absolute atomic E-state index is 0.0614. The number of aromatic nitrogens is 1. The summed E-state index contributed by atoms with van der Waals surface area (Å²) < 4.78 is 0.827. The number of hydrogen-bond acceptors (Lipinski definition) is 4. The smallest absolute Gasteiger partial charge is 0.257 e. The fraction of sp³-hybridized carbons (Fsp3) is 0.600. The lowest BCUT2D eigenvalue weighted by molar-refractivity contribution is 0.0542. The molecule has 6 heteroatoms. The van der Waals surface area contributed by atoms with Gasteiger partial charge in [-0.15, -0.1) is 0 Å². The van der Waals surface area contributed by atoms with Crippen LogP contribution in [0.2, 0.25) is 0 Å². The van der Waals surface area contributed by atoms with Crippen molar-refractivity contribution in [1.29, 1.82) is 0 Å². The lowest BCUT2D eigenvalue weighted by Crippen LogP contribution is -2.53. The van der Waals surface area contributed by atoms with E-state index in [0.717, 1.165) is 37.1 Å². The average Bonchev–Trinajstić information content (AvgIpc) is 2.49. The predicted molar refractivity (Wildman–Crippen MR) is 88.7 cm³/mol. The zero-order valence-corrected chi connectivity index (χ0v) is 14.5. The topological polar surface area (TPSA) is 48.5 Å². The third-order valence-corrected chi connectivity index (χ3v) is 4.40. The van der Waals surface area contributed by atoms with Gasteiger partial charge < -0.3 is 10.2 Å². The molecule has 5 nitrogen and oxygen atoms in total. The number of likely N-dealkylation sites (N-methyl/N-ethyl adjacent to an activating group) is 1. The van der Waals surface area contributed by atoms with E-state index in [1.165, 1.54) is 0 Å². The van der Waals surface area contributed by atoms with Crippen molar-refractivity contribution in [1.82, 2.24) is 14.8 Å². The van der Waals surface area contributed by atoms with E-state index in [1.54, 1.807) is 6.20 Å². The number of hydrogen-bond donors (Lipinski definition) is 1. The Balaban J connectivity index is 2.21. The third kappa shape index (κ3) is 3.74. The van der Waals surface area contributed by atoms with Crippen molar-refractivity contribution >= 4 is 27.7 Å². The second kappa shape index (κ2) is 7.22. The molecule has 1 N–H and O–H groups in total. The number of carbonyl (C=O) groups is 1. The minimum Gasteiger partial charge on any atom is -0.370 e. The molecule has 2 heterocycles. The summed E-state index contributed by atoms with van der Waals surface area (Å²) in [5.41, 5.74) is 0.644. The van der Waals surface area contributed by atoms with E-state index in [4.69, 9.17) is 0 Å². The summed E-state index contributed by atoms with van der Waals surface area (Å²) >= 11 is 3.41. The molecule has 1 fully saturated rings. The third-order valence-electron chi connectivity index (χ3n) is 3.96. The van der Waals surface area contributed by atoms with Crippen LogP contribution >= 0.6 is 15.9 Å². The molecule has 0 aliphatic carbocycles. The van der Waals surface area contributed by atoms with E-state index in [-0.39, 0.29) is 5.91 Å². The molecule has 2 rings (SSSR count). The van der Waals surface area contributed by atoms with Gasteiger partial charge in [-0.1, -0.05) is 6.92 Å². The summed E-state index contributed by atoms with van der Waals surface area (Å²) in [5.74, 6) is 0.726. The number of nitrogens with zero attached hydrogens (tertiary/aromatic N) is 3. The molecule has 0 saturated carbocycles. The van der Waals surface area contributed by atoms with Crippen molar-refractivity contribution in [2.75, 3.05) is 38.5 Å². The highest BCUT2D eigenvalue weighted by Gasteiger charge is 2.28. The molecule has 21 heavy (non-hydrogen) atoms. The van der Waals surface area contributed by atoms with Crippen LogP contribution in [-0.2, 0) is 0 Å². The van der Waals surface area contributed by atoms with Crippen LogP contribution in [0.5, 0.6) is 0 Å². The van der Waals surface area contributed by atoms with Gasteiger partial charge in [0.15, 0.2) is 0 Å². The van der Waals surface area contributed by atoms with Crippen LogP contribution < -0.4 is 5.32 Å². The van der Waals surface area contributed by atoms with Gasteiger partial charge in [0.25, 0.3) is 5.91 Å². The Morgan fingerprint density at radius 3 is 2.90 bits per heavy atom. The van der Waals surface area contributed by atoms with E-state index >= 15 is 0 Å². The molecule has 0 spiro atoms. The first kappa shape index (κ1) is 16.2. The summed E-state index contributed by atoms with van der Waals surface area (Å²) in [4.78, 5) is 21.4. The molecule has 1 aliphatic heterocycles. The molecule has 0 bridgehead atoms. The summed E-state index contributed by atoms with van der Waals surface area (Å²) in [6.45, 7) is 7.38. The van der Waals surface area contributed by atoms with Crippen LogP contribution in [0.4, 0.5) is 5.82 Å². The van der Waals surface area contributed by atoms with Crippen molar-refractivity contribution in [2.45, 2.75) is 26.3 Å². The van der Waals surface area contributed by atoms with Gasteiger partial charge in [-0.3, -0.25) is 9.69 Å². The summed E-state index contributed by atoms with van der Waals surface area (Å²) in [6, 6.07) is 2.29. The number of halogens is 1. The Labute approximate surface area is 134 Å². The van der Waals surface area contributed by atoms with Crippen LogP contribution in [0.25, 0.3) is 0 Å². The Kier molecular flexibility index (Phi) is 5.58. The van der Waals surface area contributed by atoms with Gasteiger partial charge in [0.05, 0.1) is 5.56 Å². The van der Waals surface area contributed by atoms with Crippen LogP contribution in [-0.4, -0.2) is 60.0 Å². The monoisotopic (exact) mass is 354 g/mol. The number of pyridine rings is 1. The van der Waals surface area contributed by atoms with Gasteiger partial charge in [0.1, 0.15) is 5.82 Å². The first-order chi connectivity index (χ1) is 10.1. The van der Waals surface area contributed by atoms with E-state index < -0.39 is 0 Å². The number of piperazine rings is 1. The maximum absolute atomic E-state index is 12.8. The lowest BCUT2D eigenvalue weighted by Gasteiger charge is -2.39. The van der Waals surface area contributed by atoms with E-state index in [9.17, 15) is 4.79 Å². The molecule has 1 aromatic rings. The van der Waals surface area contributed by atoms with Crippen molar-refractivity contribution in [3.8, 4) is 0 Å². The van der Waals surface area contributed by atoms with E-state index in [1.807, 2.05) is 17.9 Å². The molecule has 1 amide bonds. The first-order valence-electron chi connectivity index (χ1n) is 7.45. The molecule has 1 aliphatic rings. The standard InChI is InChI=1S/C15H23BrN4O/c1-4-12-10-20(7-6-19(12)3)15(21)13-8-11(16)9-18-14(13)17-5-2/h8-9,12H,4-7,10H2,1-3H3,(H,17,18). The number of rotatable bonds is 4. The van der Waals surface area contributed by atoms with Crippen LogP contribution in [0.3, 0.4) is 0 Å². The van der Waals surface area contributed by atoms with Crippen molar-refractivity contribution < 1.29 is 4.79 Å². The van der Waals surface area contributed by atoms with E-state index in [0.29, 0.717) is 17.4 Å². The molecule has 0 radical (unpaired) electrons. The predicted octanol–water partition coefficient (Wildman–Crippen LogP) is 2.44. The Hall–Kier alpha value is -1.14. The minimum atomic E-state index is 0.0614. The highest BCUT2D eigenvalue weighted by Crippen LogP contribution is 2.21. The van der Waals surface area contributed by atoms with Crippen LogP contribution in [0.1, 0.15) is 30.6 Å². The highest BCUT2D eigenvalue weighted by atomic mass is 79.9. The normalized spacial score (nSPS) is 19.6. The Morgan fingerprint density at radius 2 is 2.24 bits per heavy atom. The second-order valence-corrected chi connectivity index (χ2v) is 6.29. The van der Waals surface area contributed by atoms with Crippen molar-refractivity contribution in [2.24, 2.45) is 0 Å². The molecule has 0 aromatic carbocycles. The van der Waals surface area contributed by atoms with Gasteiger partial charge in [0, 0.05) is 42.9 Å². The summed E-state index contributed by atoms with van der Waals surface area (Å²) in [7, 11) is 2.13. The maximum Gasteiger partial charge on any atom is 0.257 e. The number of nitrogens with one attached hydrogen (secondary N) is 1. The Morgan fingerprint density at radius 1 is 1.48 bits per heavy atom. The van der Waals surface area contributed by atoms with E-state index in [2.05, 4.69) is 45.1 Å². The van der Waals surface area contributed by atoms with Crippen molar-refractivity contribution in [3.05, 3.63) is 22.3 Å². The highest BCUT2D eigenvalue weighted by molar-refractivity contribution is 9.10. The molecule has 1 atom stereocenters. The summed E-state index contributed by atoms with van der Waals surface area (Å²) in [6.07, 6.45) is 2.77. The van der Waals surface area contributed by atoms with Gasteiger partial charge in [-0.05, 0) is 42.4 Å².